The molecule has 246 valence electrons. The Morgan fingerprint density at radius 2 is 1.06 bits per heavy atom. The molecule has 0 N–H and O–H groups in total. The van der Waals surface area contributed by atoms with Crippen molar-refractivity contribution in [3.63, 3.8) is 0 Å². The van der Waals surface area contributed by atoms with E-state index >= 15 is 0 Å². The quantitative estimate of drug-likeness (QED) is 0.187. The van der Waals surface area contributed by atoms with E-state index in [2.05, 4.69) is 158 Å². The third kappa shape index (κ3) is 4.20. The molecule has 0 radical (unpaired) electrons. The number of hydrogen-bond acceptors (Lipinski definition) is 3. The Labute approximate surface area is 301 Å². The molecule has 1 aliphatic carbocycles. The van der Waals surface area contributed by atoms with Crippen LogP contribution in [-0.4, -0.2) is 0 Å². The van der Waals surface area contributed by atoms with Gasteiger partial charge in [-0.3, -0.25) is 0 Å². The third-order valence-electron chi connectivity index (χ3n) is 11.2. The molecule has 0 aliphatic heterocycles. The minimum atomic E-state index is -0.107. The van der Waals surface area contributed by atoms with E-state index in [9.17, 15) is 0 Å². The molecule has 0 spiro atoms. The fourth-order valence-electron chi connectivity index (χ4n) is 8.65. The van der Waals surface area contributed by atoms with Crippen LogP contribution in [0.2, 0.25) is 0 Å². The second-order valence-corrected chi connectivity index (χ2v) is 14.5. The molecule has 1 aliphatic rings. The molecule has 0 atom stereocenters. The summed E-state index contributed by atoms with van der Waals surface area (Å²) in [6.45, 7) is 4.67. The van der Waals surface area contributed by atoms with Gasteiger partial charge in [0, 0.05) is 50.0 Å². The van der Waals surface area contributed by atoms with Crippen LogP contribution in [0.25, 0.3) is 76.9 Å². The second-order valence-electron chi connectivity index (χ2n) is 14.5. The lowest BCUT2D eigenvalue weighted by atomic mass is 9.82. The molecule has 0 fully saturated rings. The van der Waals surface area contributed by atoms with Crippen molar-refractivity contribution < 1.29 is 8.83 Å². The Kier molecular flexibility index (Phi) is 6.01. The maximum atomic E-state index is 6.42. The molecule has 11 rings (SSSR count). The van der Waals surface area contributed by atoms with E-state index in [0.29, 0.717) is 0 Å². The minimum Gasteiger partial charge on any atom is -0.456 e. The number of rotatable bonds is 4. The first kappa shape index (κ1) is 29.2. The maximum Gasteiger partial charge on any atom is 0.137 e. The van der Waals surface area contributed by atoms with Crippen LogP contribution in [0, 0.1) is 0 Å². The van der Waals surface area contributed by atoms with Gasteiger partial charge in [0.15, 0.2) is 0 Å². The van der Waals surface area contributed by atoms with E-state index in [1.54, 1.807) is 0 Å². The molecule has 3 heteroatoms. The Hall–Kier alpha value is -6.58. The average molecular weight is 668 g/mol. The van der Waals surface area contributed by atoms with Crippen LogP contribution in [0.15, 0.2) is 173 Å². The van der Waals surface area contributed by atoms with Crippen molar-refractivity contribution >= 4 is 71.7 Å². The zero-order valence-corrected chi connectivity index (χ0v) is 28.9. The van der Waals surface area contributed by atoms with Crippen LogP contribution in [-0.2, 0) is 5.41 Å². The molecule has 0 saturated carbocycles. The highest BCUT2D eigenvalue weighted by Gasteiger charge is 2.37. The summed E-state index contributed by atoms with van der Waals surface area (Å²) in [6, 6.07) is 58.9. The summed E-state index contributed by atoms with van der Waals surface area (Å²) in [5, 5.41) is 6.92. The van der Waals surface area contributed by atoms with Crippen molar-refractivity contribution in [1.29, 1.82) is 0 Å². The number of anilines is 3. The molecular formula is C49H33NO2. The predicted octanol–water partition coefficient (Wildman–Crippen LogP) is 14.1. The minimum absolute atomic E-state index is 0.107. The molecule has 52 heavy (non-hydrogen) atoms. The summed E-state index contributed by atoms with van der Waals surface area (Å²) in [5.74, 6) is 0. The zero-order chi connectivity index (χ0) is 34.6. The van der Waals surface area contributed by atoms with E-state index in [-0.39, 0.29) is 5.41 Å². The number of benzene rings is 8. The van der Waals surface area contributed by atoms with Gasteiger partial charge >= 0.3 is 0 Å². The highest BCUT2D eigenvalue weighted by atomic mass is 16.3. The Morgan fingerprint density at radius 3 is 1.87 bits per heavy atom. The van der Waals surface area contributed by atoms with Gasteiger partial charge in [-0.2, -0.15) is 0 Å². The fourth-order valence-corrected chi connectivity index (χ4v) is 8.65. The van der Waals surface area contributed by atoms with Crippen LogP contribution in [0.1, 0.15) is 25.0 Å². The van der Waals surface area contributed by atoms with Gasteiger partial charge in [0.2, 0.25) is 0 Å². The van der Waals surface area contributed by atoms with E-state index in [0.717, 1.165) is 71.9 Å². The van der Waals surface area contributed by atoms with Crippen molar-refractivity contribution in [3.8, 4) is 22.3 Å². The van der Waals surface area contributed by atoms with Crippen LogP contribution in [0.3, 0.4) is 0 Å². The Bertz CT molecular complexity index is 3050. The zero-order valence-electron chi connectivity index (χ0n) is 28.9. The lowest BCUT2D eigenvalue weighted by molar-refractivity contribution is 0.660. The van der Waals surface area contributed by atoms with Crippen LogP contribution in [0.5, 0.6) is 0 Å². The summed E-state index contributed by atoms with van der Waals surface area (Å²) >= 11 is 0. The van der Waals surface area contributed by atoms with Gasteiger partial charge in [-0.15, -0.1) is 0 Å². The number of para-hydroxylation sites is 2. The monoisotopic (exact) mass is 667 g/mol. The topological polar surface area (TPSA) is 29.5 Å². The third-order valence-corrected chi connectivity index (χ3v) is 11.2. The molecule has 8 aromatic carbocycles. The van der Waals surface area contributed by atoms with Gasteiger partial charge in [-0.1, -0.05) is 111 Å². The van der Waals surface area contributed by atoms with E-state index < -0.39 is 0 Å². The van der Waals surface area contributed by atoms with E-state index in [4.69, 9.17) is 8.83 Å². The van der Waals surface area contributed by atoms with E-state index in [1.807, 2.05) is 24.3 Å². The number of furan rings is 2. The summed E-state index contributed by atoms with van der Waals surface area (Å²) in [4.78, 5) is 2.39. The lowest BCUT2D eigenvalue weighted by Gasteiger charge is -2.29. The van der Waals surface area contributed by atoms with E-state index in [1.165, 1.54) is 33.2 Å². The summed E-state index contributed by atoms with van der Waals surface area (Å²) < 4.78 is 12.6. The summed E-state index contributed by atoms with van der Waals surface area (Å²) in [5.41, 5.74) is 14.4. The highest BCUT2D eigenvalue weighted by molar-refractivity contribution is 6.10. The van der Waals surface area contributed by atoms with Gasteiger partial charge in [0.05, 0.1) is 5.69 Å². The van der Waals surface area contributed by atoms with Gasteiger partial charge in [0.1, 0.15) is 22.3 Å². The van der Waals surface area contributed by atoms with Gasteiger partial charge in [0.25, 0.3) is 0 Å². The first-order valence-electron chi connectivity index (χ1n) is 17.9. The van der Waals surface area contributed by atoms with Crippen molar-refractivity contribution in [1.82, 2.24) is 0 Å². The number of hydrogen-bond donors (Lipinski definition) is 0. The normalized spacial score (nSPS) is 13.3. The molecule has 0 amide bonds. The first-order chi connectivity index (χ1) is 25.5. The Morgan fingerprint density at radius 1 is 0.423 bits per heavy atom. The fraction of sp³-hybridized carbons (Fsp3) is 0.0612. The van der Waals surface area contributed by atoms with Crippen molar-refractivity contribution in [2.24, 2.45) is 0 Å². The van der Waals surface area contributed by atoms with Crippen LogP contribution >= 0.6 is 0 Å². The van der Waals surface area contributed by atoms with Crippen molar-refractivity contribution in [3.05, 3.63) is 175 Å². The predicted molar refractivity (Wildman–Crippen MR) is 216 cm³/mol. The molecule has 2 aromatic heterocycles. The number of fused-ring (bicyclic) bond motifs is 10. The van der Waals surface area contributed by atoms with Crippen LogP contribution < -0.4 is 4.90 Å². The highest BCUT2D eigenvalue weighted by Crippen LogP contribution is 2.54. The summed E-state index contributed by atoms with van der Waals surface area (Å²) in [6.07, 6.45) is 0. The lowest BCUT2D eigenvalue weighted by Crippen LogP contribution is -2.16. The Balaban J connectivity index is 1.06. The molecule has 10 aromatic rings. The van der Waals surface area contributed by atoms with Crippen LogP contribution in [0.4, 0.5) is 17.1 Å². The average Bonchev–Trinajstić information content (AvgIpc) is 3.81. The molecule has 3 nitrogen and oxygen atoms in total. The second kappa shape index (κ2) is 10.7. The van der Waals surface area contributed by atoms with Crippen molar-refractivity contribution in [2.45, 2.75) is 19.3 Å². The molecule has 2 heterocycles. The first-order valence-corrected chi connectivity index (χ1v) is 17.9. The maximum absolute atomic E-state index is 6.42. The smallest absolute Gasteiger partial charge is 0.137 e. The van der Waals surface area contributed by atoms with Gasteiger partial charge in [-0.25, -0.2) is 0 Å². The molecule has 0 bridgehead atoms. The summed E-state index contributed by atoms with van der Waals surface area (Å²) in [7, 11) is 0. The molecule has 0 unspecified atom stereocenters. The number of nitrogens with zero attached hydrogens (tertiary/aromatic N) is 1. The standard InChI is InChI=1S/C49H33NO2/c1-49(2)41-13-6-3-12-39(41)48-42(49)14-9-15-43(48)50(35-24-25-38-36-10-4-7-16-44(36)52-47(38)29-35)34-22-20-30(21-23-34)31-18-19-32-27-40-37-11-5-8-17-45(37)51-46(40)28-33(32)26-31/h3-29H,1-2H3. The van der Waals surface area contributed by atoms with Crippen molar-refractivity contribution in [2.75, 3.05) is 4.90 Å². The molecular weight excluding hydrogens is 635 g/mol. The largest absolute Gasteiger partial charge is 0.456 e. The van der Waals surface area contributed by atoms with Gasteiger partial charge < -0.3 is 13.7 Å². The molecule has 0 saturated heterocycles. The van der Waals surface area contributed by atoms with Gasteiger partial charge in [-0.05, 0) is 99.3 Å². The SMILES string of the molecule is CC1(C)c2ccccc2-c2c(N(c3ccc(-c4ccc5cc6c(cc5c4)oc4ccccc46)cc3)c3ccc4c(c3)oc3ccccc34)cccc21.